The number of rotatable bonds is 3. The lowest BCUT2D eigenvalue weighted by molar-refractivity contribution is -0.140. The van der Waals surface area contributed by atoms with Crippen molar-refractivity contribution in [1.29, 1.82) is 0 Å². The van der Waals surface area contributed by atoms with Crippen LogP contribution in [0.2, 0.25) is 0 Å². The van der Waals surface area contributed by atoms with Gasteiger partial charge in [-0.15, -0.1) is 0 Å². The number of benzene rings is 1. The van der Waals surface area contributed by atoms with E-state index < -0.39 is 24.2 Å². The van der Waals surface area contributed by atoms with Gasteiger partial charge in [-0.25, -0.2) is 9.59 Å². The minimum Gasteiger partial charge on any atom is -0.444 e. The van der Waals surface area contributed by atoms with Gasteiger partial charge >= 0.3 is 12.1 Å². The van der Waals surface area contributed by atoms with Gasteiger partial charge in [-0.2, -0.15) is 0 Å². The second-order valence-corrected chi connectivity index (χ2v) is 4.29. The highest BCUT2D eigenvalue weighted by atomic mass is 16.6. The molecule has 0 aromatic heterocycles. The minimum atomic E-state index is -1.00. The molecule has 6 nitrogen and oxygen atoms in total. The monoisotopic (exact) mass is 265 g/mol. The summed E-state index contributed by atoms with van der Waals surface area (Å²) in [4.78, 5) is 24.3. The number of amides is 1. The van der Waals surface area contributed by atoms with Crippen molar-refractivity contribution in [2.24, 2.45) is 0 Å². The van der Waals surface area contributed by atoms with Crippen LogP contribution in [0.4, 0.5) is 4.79 Å². The molecular formula is C13H15NO5. The fourth-order valence-corrected chi connectivity index (χ4v) is 1.85. The Hall–Kier alpha value is -2.08. The summed E-state index contributed by atoms with van der Waals surface area (Å²) < 4.78 is 9.82. The smallest absolute Gasteiger partial charge is 0.413 e. The van der Waals surface area contributed by atoms with Crippen molar-refractivity contribution < 1.29 is 24.2 Å². The summed E-state index contributed by atoms with van der Waals surface area (Å²) in [7, 11) is 0. The molecule has 1 N–H and O–H groups in total. The largest absolute Gasteiger partial charge is 0.444 e. The minimum absolute atomic E-state index is 0.108. The second kappa shape index (κ2) is 5.71. The van der Waals surface area contributed by atoms with Crippen LogP contribution in [0.1, 0.15) is 12.5 Å². The fraction of sp³-hybridized carbons (Fsp3) is 0.385. The van der Waals surface area contributed by atoms with Gasteiger partial charge in [-0.05, 0) is 12.5 Å². The van der Waals surface area contributed by atoms with Crippen molar-refractivity contribution in [3.8, 4) is 0 Å². The number of hydrogen-bond donors (Lipinski definition) is 1. The first-order valence-corrected chi connectivity index (χ1v) is 5.91. The third kappa shape index (κ3) is 3.03. The standard InChI is InChI=1S/C13H15NO5/c1-9(15)11-12(16)19-8-14(11)13(17)18-7-10-5-3-2-4-6-10/h2-6,9,11,15H,7-8H2,1H3/t9?,11-/m0/s1. The first kappa shape index (κ1) is 13.4. The molecule has 1 aromatic rings. The van der Waals surface area contributed by atoms with E-state index in [1.807, 2.05) is 30.3 Å². The highest BCUT2D eigenvalue weighted by molar-refractivity contribution is 5.84. The molecule has 1 aliphatic rings. The number of carbonyl (C=O) groups is 2. The van der Waals surface area contributed by atoms with Gasteiger partial charge in [-0.1, -0.05) is 30.3 Å². The Morgan fingerprint density at radius 3 is 2.84 bits per heavy atom. The van der Waals surface area contributed by atoms with Gasteiger partial charge in [0.1, 0.15) is 6.61 Å². The Balaban J connectivity index is 1.95. The molecule has 1 heterocycles. The zero-order valence-corrected chi connectivity index (χ0v) is 10.5. The van der Waals surface area contributed by atoms with Gasteiger partial charge in [0.25, 0.3) is 0 Å². The van der Waals surface area contributed by atoms with Gasteiger partial charge in [-0.3, -0.25) is 4.90 Å². The molecule has 1 saturated heterocycles. The molecule has 1 aromatic carbocycles. The van der Waals surface area contributed by atoms with Gasteiger partial charge in [0.2, 0.25) is 0 Å². The molecule has 0 bridgehead atoms. The van der Waals surface area contributed by atoms with Crippen LogP contribution < -0.4 is 0 Å². The summed E-state index contributed by atoms with van der Waals surface area (Å²) in [6.45, 7) is 1.34. The third-order valence-corrected chi connectivity index (χ3v) is 2.82. The van der Waals surface area contributed by atoms with E-state index in [1.54, 1.807) is 0 Å². The lowest BCUT2D eigenvalue weighted by atomic mass is 10.2. The van der Waals surface area contributed by atoms with E-state index in [1.165, 1.54) is 6.92 Å². The van der Waals surface area contributed by atoms with Crippen LogP contribution in [-0.2, 0) is 20.9 Å². The van der Waals surface area contributed by atoms with Crippen molar-refractivity contribution in [2.45, 2.75) is 25.7 Å². The highest BCUT2D eigenvalue weighted by Crippen LogP contribution is 2.16. The molecule has 1 unspecified atom stereocenters. The Labute approximate surface area is 110 Å². The zero-order chi connectivity index (χ0) is 13.8. The van der Waals surface area contributed by atoms with Gasteiger partial charge < -0.3 is 14.6 Å². The van der Waals surface area contributed by atoms with E-state index in [0.29, 0.717) is 0 Å². The molecule has 0 spiro atoms. The predicted molar refractivity (Wildman–Crippen MR) is 64.9 cm³/mol. The lowest BCUT2D eigenvalue weighted by Gasteiger charge is -2.21. The van der Waals surface area contributed by atoms with Crippen molar-refractivity contribution in [2.75, 3.05) is 6.73 Å². The number of esters is 1. The average molecular weight is 265 g/mol. The maximum atomic E-state index is 11.8. The van der Waals surface area contributed by atoms with E-state index in [9.17, 15) is 14.7 Å². The zero-order valence-electron chi connectivity index (χ0n) is 10.5. The van der Waals surface area contributed by atoms with Crippen molar-refractivity contribution in [3.63, 3.8) is 0 Å². The van der Waals surface area contributed by atoms with Crippen LogP contribution in [0.5, 0.6) is 0 Å². The van der Waals surface area contributed by atoms with Crippen LogP contribution >= 0.6 is 0 Å². The number of carbonyl (C=O) groups excluding carboxylic acids is 2. The molecule has 19 heavy (non-hydrogen) atoms. The Morgan fingerprint density at radius 2 is 2.21 bits per heavy atom. The number of ether oxygens (including phenoxy) is 2. The van der Waals surface area contributed by atoms with E-state index in [2.05, 4.69) is 0 Å². The molecule has 2 rings (SSSR count). The summed E-state index contributed by atoms with van der Waals surface area (Å²) >= 11 is 0. The van der Waals surface area contributed by atoms with Crippen molar-refractivity contribution in [1.82, 2.24) is 4.90 Å². The fourth-order valence-electron chi connectivity index (χ4n) is 1.85. The van der Waals surface area contributed by atoms with Crippen molar-refractivity contribution >= 4 is 12.1 Å². The molecule has 0 saturated carbocycles. The molecule has 0 aliphatic carbocycles. The quantitative estimate of drug-likeness (QED) is 0.821. The van der Waals surface area contributed by atoms with E-state index in [0.717, 1.165) is 10.5 Å². The SMILES string of the molecule is CC(O)[C@H]1C(=O)OCN1C(=O)OCc1ccccc1. The topological polar surface area (TPSA) is 76.1 Å². The van der Waals surface area contributed by atoms with Crippen LogP contribution in [0, 0.1) is 0 Å². The van der Waals surface area contributed by atoms with Gasteiger partial charge in [0.05, 0.1) is 6.10 Å². The van der Waals surface area contributed by atoms with Crippen molar-refractivity contribution in [3.05, 3.63) is 35.9 Å². The summed E-state index contributed by atoms with van der Waals surface area (Å²) in [6.07, 6.45) is -1.68. The van der Waals surface area contributed by atoms with Gasteiger partial charge in [0, 0.05) is 0 Å². The first-order valence-electron chi connectivity index (χ1n) is 5.91. The van der Waals surface area contributed by atoms with E-state index in [4.69, 9.17) is 9.47 Å². The summed E-state index contributed by atoms with van der Waals surface area (Å²) in [5.41, 5.74) is 0.843. The van der Waals surface area contributed by atoms with Crippen LogP contribution in [0.15, 0.2) is 30.3 Å². The summed E-state index contributed by atoms with van der Waals surface area (Å²) in [6, 6.07) is 8.19. The Morgan fingerprint density at radius 1 is 1.53 bits per heavy atom. The highest BCUT2D eigenvalue weighted by Gasteiger charge is 2.41. The number of cyclic esters (lactones) is 1. The molecular weight excluding hydrogens is 250 g/mol. The van der Waals surface area contributed by atoms with E-state index in [-0.39, 0.29) is 13.3 Å². The number of aliphatic hydroxyl groups excluding tert-OH is 1. The number of nitrogens with zero attached hydrogens (tertiary/aromatic N) is 1. The molecule has 1 aliphatic heterocycles. The third-order valence-electron chi connectivity index (χ3n) is 2.82. The number of aliphatic hydroxyl groups is 1. The van der Waals surface area contributed by atoms with Crippen LogP contribution in [0.3, 0.4) is 0 Å². The average Bonchev–Trinajstić information content (AvgIpc) is 2.79. The lowest BCUT2D eigenvalue weighted by Crippen LogP contribution is -2.44. The normalized spacial score (nSPS) is 20.0. The molecule has 0 radical (unpaired) electrons. The number of hydrogen-bond acceptors (Lipinski definition) is 5. The Bertz CT molecular complexity index is 459. The first-order chi connectivity index (χ1) is 9.09. The maximum Gasteiger partial charge on any atom is 0.413 e. The summed E-state index contributed by atoms with van der Waals surface area (Å²) in [5, 5.41) is 9.48. The molecule has 102 valence electrons. The molecule has 6 heteroatoms. The molecule has 1 amide bonds. The maximum absolute atomic E-state index is 11.8. The van der Waals surface area contributed by atoms with Crippen LogP contribution in [-0.4, -0.2) is 40.9 Å². The second-order valence-electron chi connectivity index (χ2n) is 4.29. The molecule has 1 fully saturated rings. The Kier molecular flexibility index (Phi) is 4.01. The molecule has 2 atom stereocenters. The van der Waals surface area contributed by atoms with Gasteiger partial charge in [0.15, 0.2) is 12.8 Å². The van der Waals surface area contributed by atoms with Crippen LogP contribution in [0.25, 0.3) is 0 Å². The summed E-state index contributed by atoms with van der Waals surface area (Å²) in [5.74, 6) is -0.619. The predicted octanol–water partition coefficient (Wildman–Crippen LogP) is 0.889. The van der Waals surface area contributed by atoms with E-state index >= 15 is 0 Å².